The van der Waals surface area contributed by atoms with E-state index in [0.29, 0.717) is 18.7 Å². The predicted molar refractivity (Wildman–Crippen MR) is 59.7 cm³/mol. The van der Waals surface area contributed by atoms with Crippen LogP contribution in [0.4, 0.5) is 0 Å². The van der Waals surface area contributed by atoms with Crippen molar-refractivity contribution in [2.45, 2.75) is 32.7 Å². The number of hydrogen-bond acceptors (Lipinski definition) is 3. The fourth-order valence-electron chi connectivity index (χ4n) is 2.02. The molecule has 2 heterocycles. The molecule has 1 aromatic heterocycles. The maximum Gasteiger partial charge on any atom is 0.371 e. The summed E-state index contributed by atoms with van der Waals surface area (Å²) < 4.78 is 5.12. The van der Waals surface area contributed by atoms with Crippen LogP contribution >= 0.6 is 0 Å². The number of carboxylic acids is 1. The smallest absolute Gasteiger partial charge is 0.371 e. The van der Waals surface area contributed by atoms with Crippen LogP contribution in [0.5, 0.6) is 0 Å². The van der Waals surface area contributed by atoms with Gasteiger partial charge in [-0.3, -0.25) is 4.79 Å². The van der Waals surface area contributed by atoms with E-state index in [0.717, 1.165) is 24.9 Å². The van der Waals surface area contributed by atoms with Gasteiger partial charge in [0.15, 0.2) is 0 Å². The number of piperidine rings is 1. The molecule has 0 bridgehead atoms. The van der Waals surface area contributed by atoms with Crippen molar-refractivity contribution in [1.29, 1.82) is 0 Å². The summed E-state index contributed by atoms with van der Waals surface area (Å²) in [4.78, 5) is 24.1. The molecule has 1 amide bonds. The molecule has 0 unspecified atom stereocenters. The summed E-state index contributed by atoms with van der Waals surface area (Å²) in [5, 5.41) is 8.81. The van der Waals surface area contributed by atoms with Crippen LogP contribution in [0.2, 0.25) is 0 Å². The van der Waals surface area contributed by atoms with Crippen LogP contribution in [-0.2, 0) is 11.3 Å². The van der Waals surface area contributed by atoms with E-state index >= 15 is 0 Å². The van der Waals surface area contributed by atoms with Gasteiger partial charge in [-0.25, -0.2) is 4.79 Å². The van der Waals surface area contributed by atoms with Gasteiger partial charge in [0.2, 0.25) is 11.7 Å². The molecule has 17 heavy (non-hydrogen) atoms. The third kappa shape index (κ3) is 2.49. The van der Waals surface area contributed by atoms with Gasteiger partial charge < -0.3 is 14.4 Å². The highest BCUT2D eigenvalue weighted by Gasteiger charge is 2.21. The van der Waals surface area contributed by atoms with E-state index in [2.05, 4.69) is 0 Å². The third-order valence-corrected chi connectivity index (χ3v) is 3.01. The van der Waals surface area contributed by atoms with Crippen molar-refractivity contribution in [3.8, 4) is 0 Å². The number of carbonyl (C=O) groups excluding carboxylic acids is 1. The molecule has 0 atom stereocenters. The van der Waals surface area contributed by atoms with Gasteiger partial charge in [0, 0.05) is 25.1 Å². The van der Waals surface area contributed by atoms with Gasteiger partial charge in [0.25, 0.3) is 0 Å². The topological polar surface area (TPSA) is 70.8 Å². The highest BCUT2D eigenvalue weighted by Crippen LogP contribution is 2.19. The summed E-state index contributed by atoms with van der Waals surface area (Å²) in [6, 6.07) is 1.50. The lowest BCUT2D eigenvalue weighted by atomic mass is 10.1. The molecule has 5 heteroatoms. The Morgan fingerprint density at radius 1 is 1.53 bits per heavy atom. The van der Waals surface area contributed by atoms with Gasteiger partial charge in [0.1, 0.15) is 5.76 Å². The van der Waals surface area contributed by atoms with Gasteiger partial charge in [-0.15, -0.1) is 0 Å². The van der Waals surface area contributed by atoms with E-state index in [-0.39, 0.29) is 11.7 Å². The molecule has 0 aromatic carbocycles. The van der Waals surface area contributed by atoms with Crippen LogP contribution in [0.1, 0.15) is 41.1 Å². The quantitative estimate of drug-likeness (QED) is 0.870. The van der Waals surface area contributed by atoms with Gasteiger partial charge >= 0.3 is 5.97 Å². The number of furan rings is 1. The van der Waals surface area contributed by atoms with Gasteiger partial charge in [-0.05, 0) is 25.8 Å². The highest BCUT2D eigenvalue weighted by atomic mass is 16.4. The second kappa shape index (κ2) is 4.61. The summed E-state index contributed by atoms with van der Waals surface area (Å²) in [6.45, 7) is 2.91. The average Bonchev–Trinajstić information content (AvgIpc) is 2.64. The number of aromatic carboxylic acids is 1. The Kier molecular flexibility index (Phi) is 3.17. The van der Waals surface area contributed by atoms with Gasteiger partial charge in [-0.2, -0.15) is 0 Å². The van der Waals surface area contributed by atoms with E-state index in [9.17, 15) is 9.59 Å². The summed E-state index contributed by atoms with van der Waals surface area (Å²) in [5.41, 5.74) is 0.776. The summed E-state index contributed by atoms with van der Waals surface area (Å²) in [5.74, 6) is -0.444. The summed E-state index contributed by atoms with van der Waals surface area (Å²) in [6.07, 6.45) is 2.54. The zero-order valence-corrected chi connectivity index (χ0v) is 9.73. The molecule has 0 saturated carbocycles. The first kappa shape index (κ1) is 11.7. The van der Waals surface area contributed by atoms with Crippen molar-refractivity contribution < 1.29 is 19.1 Å². The lowest BCUT2D eigenvalue weighted by Gasteiger charge is -2.26. The largest absolute Gasteiger partial charge is 0.475 e. The normalized spacial score (nSPS) is 16.3. The summed E-state index contributed by atoms with van der Waals surface area (Å²) >= 11 is 0. The molecule has 1 aliphatic heterocycles. The van der Waals surface area contributed by atoms with Crippen molar-refractivity contribution in [2.24, 2.45) is 0 Å². The van der Waals surface area contributed by atoms with Crippen LogP contribution in [0.15, 0.2) is 10.5 Å². The van der Waals surface area contributed by atoms with Crippen molar-refractivity contribution in [3.05, 3.63) is 23.2 Å². The van der Waals surface area contributed by atoms with Crippen LogP contribution in [0.3, 0.4) is 0 Å². The van der Waals surface area contributed by atoms with E-state index in [1.54, 1.807) is 11.8 Å². The highest BCUT2D eigenvalue weighted by molar-refractivity contribution is 5.84. The number of carbonyl (C=O) groups is 2. The second-order valence-electron chi connectivity index (χ2n) is 4.27. The van der Waals surface area contributed by atoms with Gasteiger partial charge in [0.05, 0.1) is 0 Å². The molecular formula is C12H15NO4. The SMILES string of the molecule is Cc1oc(C(=O)O)cc1CN1CCCCC1=O. The van der Waals surface area contributed by atoms with Crippen LogP contribution in [0.25, 0.3) is 0 Å². The van der Waals surface area contributed by atoms with E-state index < -0.39 is 5.97 Å². The van der Waals surface area contributed by atoms with Gasteiger partial charge in [-0.1, -0.05) is 0 Å². The van der Waals surface area contributed by atoms with Crippen molar-refractivity contribution >= 4 is 11.9 Å². The minimum absolute atomic E-state index is 0.0676. The minimum atomic E-state index is -1.08. The number of aryl methyl sites for hydroxylation is 1. The summed E-state index contributed by atoms with van der Waals surface area (Å²) in [7, 11) is 0. The van der Waals surface area contributed by atoms with Crippen molar-refractivity contribution in [2.75, 3.05) is 6.54 Å². The molecular weight excluding hydrogens is 222 g/mol. The molecule has 0 spiro atoms. The Hall–Kier alpha value is -1.78. The zero-order valence-electron chi connectivity index (χ0n) is 9.73. The Morgan fingerprint density at radius 3 is 2.88 bits per heavy atom. The molecule has 0 aliphatic carbocycles. The molecule has 1 fully saturated rings. The molecule has 1 saturated heterocycles. The minimum Gasteiger partial charge on any atom is -0.475 e. The number of nitrogens with zero attached hydrogens (tertiary/aromatic N) is 1. The maximum absolute atomic E-state index is 11.6. The molecule has 1 aliphatic rings. The van der Waals surface area contributed by atoms with Crippen LogP contribution in [-0.4, -0.2) is 28.4 Å². The Morgan fingerprint density at radius 2 is 2.29 bits per heavy atom. The predicted octanol–water partition coefficient (Wildman–Crippen LogP) is 1.80. The Bertz CT molecular complexity index is 449. The second-order valence-corrected chi connectivity index (χ2v) is 4.27. The number of hydrogen-bond donors (Lipinski definition) is 1. The lowest BCUT2D eigenvalue weighted by molar-refractivity contribution is -0.133. The maximum atomic E-state index is 11.6. The molecule has 2 rings (SSSR count). The first-order valence-electron chi connectivity index (χ1n) is 5.68. The van der Waals surface area contributed by atoms with E-state index in [1.165, 1.54) is 6.07 Å². The number of rotatable bonds is 3. The molecule has 92 valence electrons. The fraction of sp³-hybridized carbons (Fsp3) is 0.500. The zero-order chi connectivity index (χ0) is 12.4. The van der Waals surface area contributed by atoms with E-state index in [1.807, 2.05) is 0 Å². The Labute approximate surface area is 99.0 Å². The standard InChI is InChI=1S/C12H15NO4/c1-8-9(6-10(17-8)12(15)16)7-13-5-3-2-4-11(13)14/h6H,2-5,7H2,1H3,(H,15,16). The molecule has 1 N–H and O–H groups in total. The molecule has 0 radical (unpaired) electrons. The van der Waals surface area contributed by atoms with Crippen molar-refractivity contribution in [3.63, 3.8) is 0 Å². The fourth-order valence-corrected chi connectivity index (χ4v) is 2.02. The first-order valence-corrected chi connectivity index (χ1v) is 5.68. The number of carboxylic acid groups (broad SMARTS) is 1. The first-order chi connectivity index (χ1) is 8.08. The number of likely N-dealkylation sites (tertiary alicyclic amines) is 1. The molecule has 1 aromatic rings. The van der Waals surface area contributed by atoms with E-state index in [4.69, 9.17) is 9.52 Å². The van der Waals surface area contributed by atoms with Crippen molar-refractivity contribution in [1.82, 2.24) is 4.90 Å². The van der Waals surface area contributed by atoms with Crippen LogP contribution < -0.4 is 0 Å². The lowest BCUT2D eigenvalue weighted by Crippen LogP contribution is -2.34. The Balaban J connectivity index is 2.12. The van der Waals surface area contributed by atoms with Crippen LogP contribution in [0, 0.1) is 6.92 Å². The number of amides is 1. The third-order valence-electron chi connectivity index (χ3n) is 3.01. The monoisotopic (exact) mass is 237 g/mol. The average molecular weight is 237 g/mol. The molecule has 5 nitrogen and oxygen atoms in total.